The Bertz CT molecular complexity index is 2790. The van der Waals surface area contributed by atoms with Crippen LogP contribution in [0.5, 0.6) is 0 Å². The van der Waals surface area contributed by atoms with Crippen LogP contribution >= 0.6 is 11.6 Å². The van der Waals surface area contributed by atoms with Gasteiger partial charge in [-0.2, -0.15) is 45.3 Å². The quantitative estimate of drug-likeness (QED) is 0.113. The highest BCUT2D eigenvalue weighted by Gasteiger charge is 2.72. The van der Waals surface area contributed by atoms with Crippen LogP contribution in [0.3, 0.4) is 0 Å². The maximum absolute atomic E-state index is 15.6. The molecule has 1 fully saturated rings. The van der Waals surface area contributed by atoms with Gasteiger partial charge < -0.3 is 11.1 Å². The molecule has 2 aromatic carbocycles. The number of amides is 1. The van der Waals surface area contributed by atoms with E-state index in [2.05, 4.69) is 32.3 Å². The van der Waals surface area contributed by atoms with Crippen molar-refractivity contribution in [1.82, 2.24) is 29.9 Å². The fourth-order valence-electron chi connectivity index (χ4n) is 7.80. The highest BCUT2D eigenvalue weighted by atomic mass is 35.5. The third kappa shape index (κ3) is 8.11. The molecular formula is C39H32ClF10N7O3S. The number of nitrogens with zero attached hydrogens (tertiary/aromatic N) is 5. The standard InChI is InChI=1S/C39H32ClF10N7O3S/c1-17-27-29-33(39(48,49)50)54-56(34(29)38(46,47)30(17)27)15-26(58)53-25(13-18-11-19(41)14-20(42)12-18)31-22(6-5-21(52-31)9-10-36(2,3)61(4,59)60)23-7-8-24(40)28-32(23)57(55-35(28)51)16-37(43,44)45/h5-8,11-12,14,17,25,27,30H,13,15-16H2,1-4H3,(H2,51,55)(H,53,58)/t17?,25-,27?,30?/m0/s1. The number of carbonyl (C=O) groups excluding carboxylic acids is 1. The van der Waals surface area contributed by atoms with Crippen LogP contribution in [0.2, 0.25) is 5.02 Å². The van der Waals surface area contributed by atoms with E-state index in [0.29, 0.717) is 10.7 Å². The molecule has 0 aliphatic heterocycles. The van der Waals surface area contributed by atoms with Crippen molar-refractivity contribution < 1.29 is 57.1 Å². The number of rotatable bonds is 9. The first-order valence-corrected chi connectivity index (χ1v) is 20.4. The second-order valence-corrected chi connectivity index (χ2v) is 18.5. The first-order valence-electron chi connectivity index (χ1n) is 18.1. The van der Waals surface area contributed by atoms with Gasteiger partial charge in [0.2, 0.25) is 5.91 Å². The van der Waals surface area contributed by atoms with Gasteiger partial charge in [-0.15, -0.1) is 0 Å². The minimum absolute atomic E-state index is 0.0799. The van der Waals surface area contributed by atoms with Gasteiger partial charge in [-0.3, -0.25) is 14.2 Å². The molecule has 0 spiro atoms. The predicted molar refractivity (Wildman–Crippen MR) is 202 cm³/mol. The molecular weight excluding hydrogens is 872 g/mol. The second-order valence-electron chi connectivity index (χ2n) is 15.5. The predicted octanol–water partition coefficient (Wildman–Crippen LogP) is 8.12. The van der Waals surface area contributed by atoms with Crippen molar-refractivity contribution in [3.8, 4) is 23.0 Å². The van der Waals surface area contributed by atoms with E-state index >= 15 is 8.78 Å². The fraction of sp³-hybridized carbons (Fsp3) is 0.385. The summed E-state index contributed by atoms with van der Waals surface area (Å²) in [4.78, 5) is 18.5. The number of hydrogen-bond acceptors (Lipinski definition) is 7. The molecule has 61 heavy (non-hydrogen) atoms. The van der Waals surface area contributed by atoms with Gasteiger partial charge in [-0.1, -0.05) is 30.5 Å². The molecule has 0 saturated heterocycles. The molecule has 0 bridgehead atoms. The summed E-state index contributed by atoms with van der Waals surface area (Å²) in [6.07, 6.45) is -9.65. The Hall–Kier alpha value is -5.36. The van der Waals surface area contributed by atoms with Gasteiger partial charge >= 0.3 is 12.4 Å². The van der Waals surface area contributed by atoms with E-state index in [1.807, 2.05) is 0 Å². The Morgan fingerprint density at radius 1 is 1.00 bits per heavy atom. The van der Waals surface area contributed by atoms with Crippen molar-refractivity contribution in [3.63, 3.8) is 0 Å². The molecule has 5 aromatic rings. The molecule has 2 aliphatic carbocycles. The van der Waals surface area contributed by atoms with E-state index in [-0.39, 0.29) is 48.7 Å². The van der Waals surface area contributed by atoms with Crippen LogP contribution in [0.4, 0.5) is 49.7 Å². The summed E-state index contributed by atoms with van der Waals surface area (Å²) in [5.41, 5.74) is 1.60. The van der Waals surface area contributed by atoms with Crippen LogP contribution in [0.25, 0.3) is 22.0 Å². The number of pyridine rings is 1. The van der Waals surface area contributed by atoms with Crippen LogP contribution in [-0.2, 0) is 46.2 Å². The molecule has 10 nitrogen and oxygen atoms in total. The molecule has 1 saturated carbocycles. The third-order valence-corrected chi connectivity index (χ3v) is 13.1. The number of aromatic nitrogens is 5. The van der Waals surface area contributed by atoms with Gasteiger partial charge in [0.1, 0.15) is 40.9 Å². The van der Waals surface area contributed by atoms with Crippen LogP contribution in [0, 0.1) is 35.3 Å². The number of sulfone groups is 1. The zero-order valence-electron chi connectivity index (χ0n) is 32.1. The number of carbonyl (C=O) groups is 1. The zero-order chi connectivity index (χ0) is 44.9. The number of hydrogen-bond donors (Lipinski definition) is 2. The van der Waals surface area contributed by atoms with Crippen LogP contribution in [0.1, 0.15) is 66.6 Å². The maximum Gasteiger partial charge on any atom is 0.435 e. The van der Waals surface area contributed by atoms with Gasteiger partial charge in [0.25, 0.3) is 5.92 Å². The molecule has 3 heterocycles. The van der Waals surface area contributed by atoms with Gasteiger partial charge in [-0.25, -0.2) is 22.2 Å². The number of alkyl halides is 8. The average Bonchev–Trinajstić information content (AvgIpc) is 3.34. The average molecular weight is 904 g/mol. The number of nitrogens with two attached hydrogens (primary N) is 1. The lowest BCUT2D eigenvalue weighted by Crippen LogP contribution is -2.35. The molecule has 3 N–H and O–H groups in total. The molecule has 1 amide bonds. The molecule has 22 heteroatoms. The Balaban J connectivity index is 1.42. The van der Waals surface area contributed by atoms with Crippen LogP contribution in [-0.4, -0.2) is 56.0 Å². The first kappa shape index (κ1) is 43.7. The third-order valence-electron chi connectivity index (χ3n) is 10.9. The van der Waals surface area contributed by atoms with Crippen molar-refractivity contribution in [1.29, 1.82) is 0 Å². The molecule has 7 rings (SSSR count). The maximum atomic E-state index is 15.6. The molecule has 0 radical (unpaired) electrons. The minimum atomic E-state index is -5.17. The highest BCUT2D eigenvalue weighted by molar-refractivity contribution is 7.92. The number of benzene rings is 2. The zero-order valence-corrected chi connectivity index (χ0v) is 33.6. The molecule has 3 unspecified atom stereocenters. The van der Waals surface area contributed by atoms with E-state index < -0.39 is 116 Å². The molecule has 3 aromatic heterocycles. The van der Waals surface area contributed by atoms with Crippen molar-refractivity contribution >= 4 is 44.1 Å². The van der Waals surface area contributed by atoms with Gasteiger partial charge in [0, 0.05) is 40.8 Å². The van der Waals surface area contributed by atoms with Crippen molar-refractivity contribution in [2.75, 3.05) is 12.0 Å². The molecule has 4 atom stereocenters. The fourth-order valence-corrected chi connectivity index (χ4v) is 8.28. The largest absolute Gasteiger partial charge is 0.435 e. The number of nitrogens with one attached hydrogen (secondary N) is 1. The van der Waals surface area contributed by atoms with E-state index in [1.54, 1.807) is 0 Å². The SMILES string of the molecule is CC1C2c3c(C(F)(F)F)nn(CC(=O)N[C@@H](Cc4cc(F)cc(F)c4)c4nc(C#CC(C)(C)S(C)(=O)=O)ccc4-c4ccc(Cl)c5c(N)nn(CC(F)(F)F)c45)c3C(F)(F)C12. The lowest BCUT2D eigenvalue weighted by molar-refractivity contribution is -0.143. The molecule has 324 valence electrons. The smallest absolute Gasteiger partial charge is 0.382 e. The monoisotopic (exact) mass is 903 g/mol. The van der Waals surface area contributed by atoms with E-state index in [1.165, 1.54) is 45.0 Å². The Morgan fingerprint density at radius 2 is 1.64 bits per heavy atom. The summed E-state index contributed by atoms with van der Waals surface area (Å²) in [6.45, 7) is 1.09. The summed E-state index contributed by atoms with van der Waals surface area (Å²) in [7, 11) is -3.80. The Kier molecular flexibility index (Phi) is 10.5. The lowest BCUT2D eigenvalue weighted by Gasteiger charge is -2.23. The molecule has 2 aliphatic rings. The second kappa shape index (κ2) is 14.6. The normalized spacial score (nSPS) is 19.0. The van der Waals surface area contributed by atoms with Crippen LogP contribution < -0.4 is 11.1 Å². The minimum Gasteiger partial charge on any atom is -0.382 e. The van der Waals surface area contributed by atoms with Gasteiger partial charge in [-0.05, 0) is 68.0 Å². The Labute approximate surface area is 345 Å². The number of nitrogen functional groups attached to an aromatic ring is 1. The van der Waals surface area contributed by atoms with Gasteiger partial charge in [0.05, 0.1) is 27.7 Å². The Morgan fingerprint density at radius 3 is 2.25 bits per heavy atom. The topological polar surface area (TPSA) is 138 Å². The summed E-state index contributed by atoms with van der Waals surface area (Å²) in [5, 5.41) is 9.50. The summed E-state index contributed by atoms with van der Waals surface area (Å²) in [6, 6.07) is 5.79. The highest BCUT2D eigenvalue weighted by Crippen LogP contribution is 2.71. The summed E-state index contributed by atoms with van der Waals surface area (Å²) < 4.78 is 169. The van der Waals surface area contributed by atoms with E-state index in [4.69, 9.17) is 17.3 Å². The van der Waals surface area contributed by atoms with Crippen LogP contribution in [0.15, 0.2) is 42.5 Å². The van der Waals surface area contributed by atoms with E-state index in [0.717, 1.165) is 18.4 Å². The first-order chi connectivity index (χ1) is 28.1. The lowest BCUT2D eigenvalue weighted by atomic mass is 9.93. The number of anilines is 1. The van der Waals surface area contributed by atoms with Crippen molar-refractivity contribution in [3.05, 3.63) is 93.0 Å². The summed E-state index contributed by atoms with van der Waals surface area (Å²) >= 11 is 6.39. The van der Waals surface area contributed by atoms with Gasteiger partial charge in [0.15, 0.2) is 21.3 Å². The van der Waals surface area contributed by atoms with E-state index in [9.17, 15) is 48.3 Å². The summed E-state index contributed by atoms with van der Waals surface area (Å²) in [5.74, 6) is -5.78. The van der Waals surface area contributed by atoms with Crippen molar-refractivity contribution in [2.45, 2.75) is 75.3 Å². The van der Waals surface area contributed by atoms with Crippen molar-refractivity contribution in [2.24, 2.45) is 11.8 Å². The number of fused-ring (bicyclic) bond motifs is 4. The number of halogens is 11.